The van der Waals surface area contributed by atoms with Crippen molar-refractivity contribution in [2.45, 2.75) is 32.1 Å². The number of fused-ring (bicyclic) bond motifs is 11. The standard InChI is InChI=1S/C47H35NO/c1-47(2)39-23-11-10-21-37(39)43-44(47)36-20-9-8-19-35(36)42-38-22-13-25-41(45(38)49-46(42)43)48(40-24-12-17-32-16-6-7-18-34(32)40)33-28-26-31(27-29-33)30-14-4-3-5-15-30/h3-5,7-15,17-29H,6,16H2,1-2H3. The third-order valence-corrected chi connectivity index (χ3v) is 10.9. The van der Waals surface area contributed by atoms with Crippen LogP contribution in [-0.2, 0) is 11.8 Å². The topological polar surface area (TPSA) is 16.4 Å². The van der Waals surface area contributed by atoms with Crippen LogP contribution in [0.5, 0.6) is 0 Å². The Morgan fingerprint density at radius 3 is 2.14 bits per heavy atom. The van der Waals surface area contributed by atoms with E-state index in [1.54, 1.807) is 0 Å². The number of rotatable bonds is 4. The Balaban J connectivity index is 1.28. The highest BCUT2D eigenvalue weighted by atomic mass is 16.3. The van der Waals surface area contributed by atoms with Gasteiger partial charge in [0.1, 0.15) is 5.58 Å². The Bertz CT molecular complexity index is 2620. The smallest absolute Gasteiger partial charge is 0.159 e. The highest BCUT2D eigenvalue weighted by Gasteiger charge is 2.40. The van der Waals surface area contributed by atoms with Crippen molar-refractivity contribution in [3.05, 3.63) is 168 Å². The zero-order chi connectivity index (χ0) is 32.7. The molecule has 0 unspecified atom stereocenters. The number of nitrogens with zero attached hydrogens (tertiary/aromatic N) is 1. The van der Waals surface area contributed by atoms with Crippen molar-refractivity contribution in [3.63, 3.8) is 0 Å². The van der Waals surface area contributed by atoms with Crippen LogP contribution in [0, 0.1) is 0 Å². The van der Waals surface area contributed by atoms with Crippen molar-refractivity contribution in [2.24, 2.45) is 0 Å². The molecular formula is C47H35NO. The summed E-state index contributed by atoms with van der Waals surface area (Å²) in [5.41, 5.74) is 15.3. The minimum Gasteiger partial charge on any atom is -0.453 e. The molecule has 8 aromatic rings. The number of benzene rings is 7. The molecule has 1 heterocycles. The fourth-order valence-corrected chi connectivity index (χ4v) is 8.66. The summed E-state index contributed by atoms with van der Waals surface area (Å²) in [7, 11) is 0. The third kappa shape index (κ3) is 4.07. The molecule has 0 N–H and O–H groups in total. The molecule has 0 aliphatic heterocycles. The second-order valence-electron chi connectivity index (χ2n) is 14.0. The highest BCUT2D eigenvalue weighted by Crippen LogP contribution is 2.56. The zero-order valence-electron chi connectivity index (χ0n) is 27.7. The van der Waals surface area contributed by atoms with Gasteiger partial charge in [-0.2, -0.15) is 0 Å². The molecule has 0 saturated heterocycles. The van der Waals surface area contributed by atoms with Gasteiger partial charge >= 0.3 is 0 Å². The molecule has 0 spiro atoms. The molecule has 234 valence electrons. The molecule has 49 heavy (non-hydrogen) atoms. The fraction of sp³-hybridized carbons (Fsp3) is 0.106. The summed E-state index contributed by atoms with van der Waals surface area (Å²) in [5.74, 6) is 0. The number of furan rings is 1. The van der Waals surface area contributed by atoms with Crippen LogP contribution >= 0.6 is 0 Å². The van der Waals surface area contributed by atoms with E-state index in [-0.39, 0.29) is 5.41 Å². The lowest BCUT2D eigenvalue weighted by atomic mass is 9.79. The highest BCUT2D eigenvalue weighted by molar-refractivity contribution is 6.26. The van der Waals surface area contributed by atoms with Crippen LogP contribution in [0.4, 0.5) is 17.1 Å². The third-order valence-electron chi connectivity index (χ3n) is 10.9. The summed E-state index contributed by atoms with van der Waals surface area (Å²) in [5, 5.41) is 4.87. The first-order valence-corrected chi connectivity index (χ1v) is 17.3. The lowest BCUT2D eigenvalue weighted by Crippen LogP contribution is -2.15. The Morgan fingerprint density at radius 2 is 1.29 bits per heavy atom. The van der Waals surface area contributed by atoms with Gasteiger partial charge in [-0.25, -0.2) is 0 Å². The van der Waals surface area contributed by atoms with Crippen LogP contribution in [0.1, 0.15) is 42.5 Å². The van der Waals surface area contributed by atoms with Crippen molar-refractivity contribution in [1.29, 1.82) is 0 Å². The SMILES string of the molecule is CC1(C)c2ccccc2-c2c1c1ccccc1c1c2oc2c(N(c3ccc(-c4ccccc4)cc3)c3cccc4c3C=CCC4)cccc21. The van der Waals surface area contributed by atoms with Crippen LogP contribution in [0.3, 0.4) is 0 Å². The summed E-state index contributed by atoms with van der Waals surface area (Å²) in [4.78, 5) is 2.41. The van der Waals surface area contributed by atoms with Gasteiger partial charge in [-0.1, -0.05) is 141 Å². The van der Waals surface area contributed by atoms with E-state index < -0.39 is 0 Å². The number of hydrogen-bond donors (Lipinski definition) is 0. The number of para-hydroxylation sites is 1. The van der Waals surface area contributed by atoms with Gasteiger partial charge in [0.05, 0.1) is 11.4 Å². The quantitative estimate of drug-likeness (QED) is 0.193. The summed E-state index contributed by atoms with van der Waals surface area (Å²) in [6, 6.07) is 50.8. The molecule has 2 heteroatoms. The second-order valence-corrected chi connectivity index (χ2v) is 14.0. The molecule has 7 aromatic carbocycles. The largest absolute Gasteiger partial charge is 0.453 e. The number of anilines is 3. The van der Waals surface area contributed by atoms with Gasteiger partial charge in [0, 0.05) is 33.0 Å². The summed E-state index contributed by atoms with van der Waals surface area (Å²) < 4.78 is 7.29. The van der Waals surface area contributed by atoms with Gasteiger partial charge in [-0.05, 0) is 81.3 Å². The average Bonchev–Trinajstić information content (AvgIpc) is 3.66. The van der Waals surface area contributed by atoms with Crippen molar-refractivity contribution in [1.82, 2.24) is 0 Å². The normalized spacial score (nSPS) is 14.2. The van der Waals surface area contributed by atoms with E-state index in [2.05, 4.69) is 170 Å². The average molecular weight is 630 g/mol. The molecule has 0 radical (unpaired) electrons. The van der Waals surface area contributed by atoms with Gasteiger partial charge in [0.2, 0.25) is 0 Å². The van der Waals surface area contributed by atoms with Crippen molar-refractivity contribution >= 4 is 55.8 Å². The maximum atomic E-state index is 7.29. The number of hydrogen-bond acceptors (Lipinski definition) is 2. The van der Waals surface area contributed by atoms with Gasteiger partial charge < -0.3 is 9.32 Å². The number of aryl methyl sites for hydroxylation is 1. The Hall–Kier alpha value is -5.86. The second kappa shape index (κ2) is 10.6. The van der Waals surface area contributed by atoms with E-state index in [1.807, 2.05) is 0 Å². The van der Waals surface area contributed by atoms with E-state index in [4.69, 9.17) is 4.42 Å². The fourth-order valence-electron chi connectivity index (χ4n) is 8.66. The van der Waals surface area contributed by atoms with Crippen LogP contribution in [-0.4, -0.2) is 0 Å². The molecule has 1 aromatic heterocycles. The molecule has 0 saturated carbocycles. The summed E-state index contributed by atoms with van der Waals surface area (Å²) in [6.45, 7) is 4.72. The molecule has 2 aliphatic rings. The lowest BCUT2D eigenvalue weighted by molar-refractivity contribution is 0.658. The Kier molecular flexibility index (Phi) is 6.08. The van der Waals surface area contributed by atoms with Crippen LogP contribution < -0.4 is 4.90 Å². The Labute approximate surface area is 286 Å². The molecule has 2 aliphatic carbocycles. The molecule has 0 atom stereocenters. The van der Waals surface area contributed by atoms with E-state index in [0.29, 0.717) is 0 Å². The van der Waals surface area contributed by atoms with Gasteiger partial charge in [0.15, 0.2) is 5.58 Å². The first-order chi connectivity index (χ1) is 24.1. The minimum atomic E-state index is -0.149. The molecule has 10 rings (SSSR count). The van der Waals surface area contributed by atoms with Gasteiger partial charge in [-0.15, -0.1) is 0 Å². The minimum absolute atomic E-state index is 0.149. The number of allylic oxidation sites excluding steroid dienone is 1. The van der Waals surface area contributed by atoms with Crippen LogP contribution in [0.15, 0.2) is 150 Å². The van der Waals surface area contributed by atoms with Crippen molar-refractivity contribution < 1.29 is 4.42 Å². The van der Waals surface area contributed by atoms with Crippen LogP contribution in [0.2, 0.25) is 0 Å². The Morgan fingerprint density at radius 1 is 0.592 bits per heavy atom. The first-order valence-electron chi connectivity index (χ1n) is 17.3. The van der Waals surface area contributed by atoms with Gasteiger partial charge in [0.25, 0.3) is 0 Å². The van der Waals surface area contributed by atoms with E-state index >= 15 is 0 Å². The predicted octanol–water partition coefficient (Wildman–Crippen LogP) is 13.1. The van der Waals surface area contributed by atoms with E-state index in [1.165, 1.54) is 60.7 Å². The zero-order valence-corrected chi connectivity index (χ0v) is 27.7. The van der Waals surface area contributed by atoms with Crippen LogP contribution in [0.25, 0.3) is 61.0 Å². The first kappa shape index (κ1) is 28.2. The summed E-state index contributed by atoms with van der Waals surface area (Å²) in [6.07, 6.45) is 6.72. The maximum Gasteiger partial charge on any atom is 0.159 e. The van der Waals surface area contributed by atoms with E-state index in [0.717, 1.165) is 46.5 Å². The monoisotopic (exact) mass is 629 g/mol. The molecule has 0 fully saturated rings. The lowest BCUT2D eigenvalue weighted by Gasteiger charge is -2.29. The van der Waals surface area contributed by atoms with E-state index in [9.17, 15) is 0 Å². The predicted molar refractivity (Wildman–Crippen MR) is 206 cm³/mol. The molecule has 0 amide bonds. The van der Waals surface area contributed by atoms with Crippen molar-refractivity contribution in [3.8, 4) is 22.3 Å². The molecular weight excluding hydrogens is 595 g/mol. The maximum absolute atomic E-state index is 7.29. The summed E-state index contributed by atoms with van der Waals surface area (Å²) >= 11 is 0. The van der Waals surface area contributed by atoms with Crippen molar-refractivity contribution in [2.75, 3.05) is 4.90 Å². The molecule has 2 nitrogen and oxygen atoms in total. The van der Waals surface area contributed by atoms with Gasteiger partial charge in [-0.3, -0.25) is 0 Å². The molecule has 0 bridgehead atoms.